The molecule has 3 heterocycles. The van der Waals surface area contributed by atoms with Crippen molar-refractivity contribution in [3.63, 3.8) is 0 Å². The molecule has 0 saturated heterocycles. The van der Waals surface area contributed by atoms with Crippen molar-refractivity contribution in [2.75, 3.05) is 4.90 Å². The van der Waals surface area contributed by atoms with Gasteiger partial charge in [-0.25, -0.2) is 9.78 Å². The average molecular weight is 439 g/mol. The van der Waals surface area contributed by atoms with Crippen LogP contribution in [0.2, 0.25) is 5.02 Å². The van der Waals surface area contributed by atoms with E-state index < -0.39 is 23.3 Å². The zero-order chi connectivity index (χ0) is 21.6. The molecule has 1 unspecified atom stereocenters. The van der Waals surface area contributed by atoms with Crippen molar-refractivity contribution in [2.45, 2.75) is 45.1 Å². The minimum Gasteiger partial charge on any atom is -0.360 e. The topological polar surface area (TPSA) is 79.7 Å². The van der Waals surface area contributed by atoms with Crippen molar-refractivity contribution in [2.24, 2.45) is 0 Å². The van der Waals surface area contributed by atoms with Gasteiger partial charge in [-0.3, -0.25) is 4.79 Å². The van der Waals surface area contributed by atoms with E-state index >= 15 is 0 Å². The normalized spacial score (nSPS) is 17.7. The minimum atomic E-state index is -4.46. The van der Waals surface area contributed by atoms with Crippen LogP contribution in [0.4, 0.5) is 18.9 Å². The molecule has 0 aliphatic carbocycles. The SMILES string of the molecule is CC(c1ccccc1C(F)(F)F)n1nnc2c1C[C@@H](C)N(c1cn[nH]c(=O)c1Cl)C2. The highest BCUT2D eigenvalue weighted by Crippen LogP contribution is 2.37. The number of aromatic nitrogens is 5. The first-order valence-corrected chi connectivity index (χ1v) is 9.65. The van der Waals surface area contributed by atoms with Gasteiger partial charge in [-0.05, 0) is 25.5 Å². The van der Waals surface area contributed by atoms with E-state index in [9.17, 15) is 18.0 Å². The van der Waals surface area contributed by atoms with E-state index in [1.165, 1.54) is 18.3 Å². The smallest absolute Gasteiger partial charge is 0.360 e. The molecule has 4 rings (SSSR count). The highest BCUT2D eigenvalue weighted by atomic mass is 35.5. The van der Waals surface area contributed by atoms with Crippen LogP contribution in [0.25, 0.3) is 0 Å². The second-order valence-electron chi connectivity index (χ2n) is 7.27. The Balaban J connectivity index is 1.70. The lowest BCUT2D eigenvalue weighted by Crippen LogP contribution is -2.40. The largest absolute Gasteiger partial charge is 0.416 e. The number of hydrogen-bond donors (Lipinski definition) is 1. The summed E-state index contributed by atoms with van der Waals surface area (Å²) in [5.74, 6) is 0. The Labute approximate surface area is 174 Å². The minimum absolute atomic E-state index is 0.0279. The van der Waals surface area contributed by atoms with Crippen LogP contribution in [0.15, 0.2) is 35.3 Å². The summed E-state index contributed by atoms with van der Waals surface area (Å²) in [4.78, 5) is 13.7. The second kappa shape index (κ2) is 7.42. The molecule has 7 nitrogen and oxygen atoms in total. The maximum Gasteiger partial charge on any atom is 0.416 e. The van der Waals surface area contributed by atoms with E-state index in [4.69, 9.17) is 11.6 Å². The van der Waals surface area contributed by atoms with Gasteiger partial charge in [0, 0.05) is 12.5 Å². The first-order chi connectivity index (χ1) is 14.2. The van der Waals surface area contributed by atoms with Crippen LogP contribution in [0, 0.1) is 0 Å². The van der Waals surface area contributed by atoms with Gasteiger partial charge in [0.05, 0.1) is 35.7 Å². The van der Waals surface area contributed by atoms with Crippen LogP contribution in [-0.2, 0) is 19.1 Å². The number of H-pyrrole nitrogens is 1. The predicted molar refractivity (Wildman–Crippen MR) is 104 cm³/mol. The number of nitrogens with one attached hydrogen (secondary N) is 1. The fourth-order valence-corrected chi connectivity index (χ4v) is 4.05. The van der Waals surface area contributed by atoms with Gasteiger partial charge in [0.2, 0.25) is 0 Å². The van der Waals surface area contributed by atoms with Gasteiger partial charge in [0.15, 0.2) is 0 Å². The highest BCUT2D eigenvalue weighted by molar-refractivity contribution is 6.33. The van der Waals surface area contributed by atoms with Crippen LogP contribution < -0.4 is 10.5 Å². The number of benzene rings is 1. The number of rotatable bonds is 3. The van der Waals surface area contributed by atoms with Crippen molar-refractivity contribution >= 4 is 17.3 Å². The zero-order valence-corrected chi connectivity index (χ0v) is 16.9. The van der Waals surface area contributed by atoms with Crippen molar-refractivity contribution in [3.05, 3.63) is 68.4 Å². The molecule has 30 heavy (non-hydrogen) atoms. The number of aromatic amines is 1. The Hall–Kier alpha value is -2.88. The number of hydrogen-bond acceptors (Lipinski definition) is 5. The summed E-state index contributed by atoms with van der Waals surface area (Å²) in [6.07, 6.45) is -2.51. The number of anilines is 1. The van der Waals surface area contributed by atoms with E-state index in [1.807, 2.05) is 11.8 Å². The Morgan fingerprint density at radius 3 is 2.77 bits per heavy atom. The van der Waals surface area contributed by atoms with Crippen LogP contribution >= 0.6 is 11.6 Å². The van der Waals surface area contributed by atoms with E-state index in [0.717, 1.165) is 11.8 Å². The molecule has 3 aromatic rings. The van der Waals surface area contributed by atoms with Crippen molar-refractivity contribution in [1.82, 2.24) is 25.2 Å². The first-order valence-electron chi connectivity index (χ1n) is 9.27. The molecule has 11 heteroatoms. The molecule has 2 aromatic heterocycles. The van der Waals surface area contributed by atoms with Crippen LogP contribution in [0.3, 0.4) is 0 Å². The van der Waals surface area contributed by atoms with Crippen LogP contribution in [0.5, 0.6) is 0 Å². The fraction of sp³-hybridized carbons (Fsp3) is 0.368. The number of fused-ring (bicyclic) bond motifs is 1. The highest BCUT2D eigenvalue weighted by Gasteiger charge is 2.36. The standard InChI is InChI=1S/C19H18ClF3N6O/c1-10-7-15-14(9-28(10)16-8-24-26-18(30)17(16)20)25-27-29(15)11(2)12-5-3-4-6-13(12)19(21,22)23/h3-6,8,10-11H,7,9H2,1-2H3,(H,26,30)/t10-,11?/m1/s1. The lowest BCUT2D eigenvalue weighted by Gasteiger charge is -2.35. The Kier molecular flexibility index (Phi) is 5.05. The predicted octanol–water partition coefficient (Wildman–Crippen LogP) is 3.59. The Morgan fingerprint density at radius 2 is 2.03 bits per heavy atom. The molecule has 1 aromatic carbocycles. The van der Waals surface area contributed by atoms with Gasteiger partial charge in [0.1, 0.15) is 10.7 Å². The van der Waals surface area contributed by atoms with E-state index in [-0.39, 0.29) is 16.6 Å². The monoisotopic (exact) mass is 438 g/mol. The molecule has 1 aliphatic heterocycles. The lowest BCUT2D eigenvalue weighted by atomic mass is 9.99. The van der Waals surface area contributed by atoms with E-state index in [0.29, 0.717) is 24.3 Å². The molecule has 0 saturated carbocycles. The van der Waals surface area contributed by atoms with Gasteiger partial charge in [-0.2, -0.15) is 18.3 Å². The molecular weight excluding hydrogens is 421 g/mol. The first kappa shape index (κ1) is 20.4. The maximum atomic E-state index is 13.5. The van der Waals surface area contributed by atoms with E-state index in [1.54, 1.807) is 17.7 Å². The maximum absolute atomic E-state index is 13.5. The summed E-state index contributed by atoms with van der Waals surface area (Å²) in [5, 5.41) is 14.5. The van der Waals surface area contributed by atoms with Gasteiger partial charge >= 0.3 is 6.18 Å². The summed E-state index contributed by atoms with van der Waals surface area (Å²) >= 11 is 6.14. The quantitative estimate of drug-likeness (QED) is 0.676. The number of alkyl halides is 3. The Morgan fingerprint density at radius 1 is 1.30 bits per heavy atom. The summed E-state index contributed by atoms with van der Waals surface area (Å²) in [7, 11) is 0. The third kappa shape index (κ3) is 3.45. The molecule has 0 bridgehead atoms. The Bertz CT molecular complexity index is 1140. The summed E-state index contributed by atoms with van der Waals surface area (Å²) in [6.45, 7) is 3.93. The summed E-state index contributed by atoms with van der Waals surface area (Å²) in [5.41, 5.74) is 0.818. The molecule has 1 N–H and O–H groups in total. The third-order valence-electron chi connectivity index (χ3n) is 5.38. The van der Waals surface area contributed by atoms with Crippen LogP contribution in [-0.4, -0.2) is 31.2 Å². The lowest BCUT2D eigenvalue weighted by molar-refractivity contribution is -0.138. The molecule has 0 spiro atoms. The van der Waals surface area contributed by atoms with Gasteiger partial charge < -0.3 is 4.90 Å². The molecule has 0 radical (unpaired) electrons. The number of nitrogens with zero attached hydrogens (tertiary/aromatic N) is 5. The van der Waals surface area contributed by atoms with Crippen molar-refractivity contribution < 1.29 is 13.2 Å². The van der Waals surface area contributed by atoms with Gasteiger partial charge in [-0.1, -0.05) is 35.0 Å². The fourth-order valence-electron chi connectivity index (χ4n) is 3.85. The summed E-state index contributed by atoms with van der Waals surface area (Å²) < 4.78 is 41.9. The molecule has 158 valence electrons. The molecule has 2 atom stereocenters. The van der Waals surface area contributed by atoms with Crippen LogP contribution in [0.1, 0.15) is 42.4 Å². The second-order valence-corrected chi connectivity index (χ2v) is 7.65. The van der Waals surface area contributed by atoms with E-state index in [2.05, 4.69) is 20.5 Å². The van der Waals surface area contributed by atoms with Gasteiger partial charge in [-0.15, -0.1) is 5.10 Å². The third-order valence-corrected chi connectivity index (χ3v) is 5.75. The van der Waals surface area contributed by atoms with Gasteiger partial charge in [0.25, 0.3) is 5.56 Å². The molecule has 0 amide bonds. The number of halogens is 4. The zero-order valence-electron chi connectivity index (χ0n) is 16.1. The summed E-state index contributed by atoms with van der Waals surface area (Å²) in [6, 6.07) is 4.73. The molecular formula is C19H18ClF3N6O. The molecule has 0 fully saturated rings. The molecule has 1 aliphatic rings. The van der Waals surface area contributed by atoms with Crippen molar-refractivity contribution in [3.8, 4) is 0 Å². The average Bonchev–Trinajstić information content (AvgIpc) is 3.11. The van der Waals surface area contributed by atoms with Crippen molar-refractivity contribution in [1.29, 1.82) is 0 Å².